The molecule has 6 nitrogen and oxygen atoms in total. The van der Waals surface area contributed by atoms with Crippen LogP contribution in [0.2, 0.25) is 0 Å². The van der Waals surface area contributed by atoms with Gasteiger partial charge in [-0.3, -0.25) is 14.5 Å². The van der Waals surface area contributed by atoms with Gasteiger partial charge in [0.2, 0.25) is 0 Å². The molecule has 1 amide bonds. The number of amides is 1. The number of rotatable bonds is 4. The molecule has 1 aliphatic rings. The van der Waals surface area contributed by atoms with Crippen molar-refractivity contribution >= 4 is 16.9 Å². The first-order valence-electron chi connectivity index (χ1n) is 8.35. The minimum absolute atomic E-state index is 0.200. The number of hydrogen-bond acceptors (Lipinski definition) is 4. The lowest BCUT2D eigenvalue weighted by molar-refractivity contribution is 0.0947. The summed E-state index contributed by atoms with van der Waals surface area (Å²) in [5.74, 6) is -0.200. The van der Waals surface area contributed by atoms with Crippen molar-refractivity contribution in [1.82, 2.24) is 25.1 Å². The minimum atomic E-state index is -0.200. The molecule has 1 aromatic carbocycles. The van der Waals surface area contributed by atoms with Gasteiger partial charge in [-0.2, -0.15) is 5.10 Å². The Morgan fingerprint density at radius 2 is 1.96 bits per heavy atom. The zero-order valence-corrected chi connectivity index (χ0v) is 13.4. The van der Waals surface area contributed by atoms with Crippen LogP contribution in [0.5, 0.6) is 0 Å². The summed E-state index contributed by atoms with van der Waals surface area (Å²) >= 11 is 0. The molecule has 2 aromatic heterocycles. The molecule has 0 aliphatic heterocycles. The molecule has 1 N–H and O–H groups in total. The zero-order valence-electron chi connectivity index (χ0n) is 13.4. The van der Waals surface area contributed by atoms with Gasteiger partial charge in [-0.05, 0) is 43.4 Å². The van der Waals surface area contributed by atoms with Crippen LogP contribution >= 0.6 is 0 Å². The largest absolute Gasteiger partial charge is 0.349 e. The van der Waals surface area contributed by atoms with Gasteiger partial charge >= 0.3 is 0 Å². The Bertz CT molecular complexity index is 886. The van der Waals surface area contributed by atoms with E-state index >= 15 is 0 Å². The molecule has 2 heterocycles. The third kappa shape index (κ3) is 2.87. The molecule has 0 bridgehead atoms. The molecule has 0 saturated carbocycles. The summed E-state index contributed by atoms with van der Waals surface area (Å²) in [4.78, 5) is 20.9. The maximum atomic E-state index is 12.3. The Balaban J connectivity index is 1.40. The fraction of sp³-hybridized carbons (Fsp3) is 0.333. The van der Waals surface area contributed by atoms with Gasteiger partial charge in [0.1, 0.15) is 5.69 Å². The normalized spacial score (nSPS) is 13.7. The molecule has 24 heavy (non-hydrogen) atoms. The van der Waals surface area contributed by atoms with Crippen LogP contribution in [0.1, 0.15) is 34.6 Å². The number of carbonyl (C=O) groups excluding carboxylic acids is 1. The molecule has 6 heteroatoms. The molecule has 0 atom stereocenters. The van der Waals surface area contributed by atoms with Crippen molar-refractivity contribution in [3.8, 4) is 0 Å². The van der Waals surface area contributed by atoms with Crippen LogP contribution in [-0.4, -0.2) is 32.2 Å². The first-order chi connectivity index (χ1) is 11.8. The van der Waals surface area contributed by atoms with E-state index in [1.807, 2.05) is 35.1 Å². The van der Waals surface area contributed by atoms with Crippen molar-refractivity contribution in [1.29, 1.82) is 0 Å². The summed E-state index contributed by atoms with van der Waals surface area (Å²) in [5.41, 5.74) is 4.54. The average molecular weight is 321 g/mol. The summed E-state index contributed by atoms with van der Waals surface area (Å²) in [5, 5.41) is 7.35. The van der Waals surface area contributed by atoms with Crippen molar-refractivity contribution in [2.75, 3.05) is 6.54 Å². The fourth-order valence-electron chi connectivity index (χ4n) is 3.18. The van der Waals surface area contributed by atoms with E-state index < -0.39 is 0 Å². The lowest BCUT2D eigenvalue weighted by Crippen LogP contribution is -2.29. The van der Waals surface area contributed by atoms with Crippen LogP contribution in [-0.2, 0) is 19.4 Å². The quantitative estimate of drug-likeness (QED) is 0.799. The van der Waals surface area contributed by atoms with E-state index in [2.05, 4.69) is 20.4 Å². The van der Waals surface area contributed by atoms with E-state index in [1.54, 1.807) is 0 Å². The third-order valence-electron chi connectivity index (χ3n) is 4.44. The Labute approximate surface area is 139 Å². The topological polar surface area (TPSA) is 72.7 Å². The van der Waals surface area contributed by atoms with Gasteiger partial charge in [0.05, 0.1) is 30.0 Å². The van der Waals surface area contributed by atoms with E-state index in [0.29, 0.717) is 18.8 Å². The molecular formula is C18H19N5O. The molecule has 0 unspecified atom stereocenters. The predicted octanol–water partition coefficient (Wildman–Crippen LogP) is 2.14. The SMILES string of the molecule is O=C(NCCn1ncc2c1CCCC2)c1cnc2ccccc2n1. The second-order valence-electron chi connectivity index (χ2n) is 6.05. The van der Waals surface area contributed by atoms with Gasteiger partial charge in [-0.15, -0.1) is 0 Å². The highest BCUT2D eigenvalue weighted by atomic mass is 16.1. The Morgan fingerprint density at radius 3 is 2.88 bits per heavy atom. The molecule has 4 rings (SSSR count). The van der Waals surface area contributed by atoms with Crippen LogP contribution in [0.4, 0.5) is 0 Å². The minimum Gasteiger partial charge on any atom is -0.349 e. The molecule has 0 saturated heterocycles. The highest BCUT2D eigenvalue weighted by molar-refractivity contribution is 5.93. The predicted molar refractivity (Wildman–Crippen MR) is 90.7 cm³/mol. The van der Waals surface area contributed by atoms with Crippen molar-refractivity contribution in [3.63, 3.8) is 0 Å². The monoisotopic (exact) mass is 321 g/mol. The van der Waals surface area contributed by atoms with E-state index in [-0.39, 0.29) is 5.91 Å². The summed E-state index contributed by atoms with van der Waals surface area (Å²) < 4.78 is 2.01. The highest BCUT2D eigenvalue weighted by Crippen LogP contribution is 2.20. The smallest absolute Gasteiger partial charge is 0.271 e. The van der Waals surface area contributed by atoms with E-state index in [0.717, 1.165) is 23.9 Å². The molecule has 122 valence electrons. The van der Waals surface area contributed by atoms with Crippen LogP contribution in [0.25, 0.3) is 11.0 Å². The number of carbonyl (C=O) groups is 1. The van der Waals surface area contributed by atoms with Crippen LogP contribution < -0.4 is 5.32 Å². The Kier molecular flexibility index (Phi) is 3.94. The van der Waals surface area contributed by atoms with Gasteiger partial charge in [0.15, 0.2) is 0 Å². The number of aromatic nitrogens is 4. The molecular weight excluding hydrogens is 302 g/mol. The number of fused-ring (bicyclic) bond motifs is 2. The standard InChI is InChI=1S/C18H19N5O/c24-18(16-12-20-14-6-2-3-7-15(14)22-16)19-9-10-23-17-8-4-1-5-13(17)11-21-23/h2-3,6-7,11-12H,1,4-5,8-10H2,(H,19,24). The first kappa shape index (κ1) is 14.8. The van der Waals surface area contributed by atoms with Crippen molar-refractivity contribution in [2.24, 2.45) is 0 Å². The second kappa shape index (κ2) is 6.39. The van der Waals surface area contributed by atoms with Crippen LogP contribution in [0.3, 0.4) is 0 Å². The lowest BCUT2D eigenvalue weighted by Gasteiger charge is -2.14. The third-order valence-corrected chi connectivity index (χ3v) is 4.44. The fourth-order valence-corrected chi connectivity index (χ4v) is 3.18. The molecule has 0 spiro atoms. The van der Waals surface area contributed by atoms with Crippen LogP contribution in [0, 0.1) is 0 Å². The number of nitrogens with one attached hydrogen (secondary N) is 1. The molecule has 0 radical (unpaired) electrons. The van der Waals surface area contributed by atoms with Gasteiger partial charge in [-0.1, -0.05) is 12.1 Å². The highest BCUT2D eigenvalue weighted by Gasteiger charge is 2.15. The molecule has 1 aliphatic carbocycles. The summed E-state index contributed by atoms with van der Waals surface area (Å²) in [7, 11) is 0. The number of nitrogens with zero attached hydrogens (tertiary/aromatic N) is 4. The van der Waals surface area contributed by atoms with Crippen molar-refractivity contribution in [2.45, 2.75) is 32.2 Å². The number of hydrogen-bond donors (Lipinski definition) is 1. The molecule has 0 fully saturated rings. The van der Waals surface area contributed by atoms with E-state index in [4.69, 9.17) is 0 Å². The van der Waals surface area contributed by atoms with Gasteiger partial charge in [0, 0.05) is 12.2 Å². The van der Waals surface area contributed by atoms with Crippen molar-refractivity contribution in [3.05, 3.63) is 53.6 Å². The van der Waals surface area contributed by atoms with Gasteiger partial charge in [0.25, 0.3) is 5.91 Å². The second-order valence-corrected chi connectivity index (χ2v) is 6.05. The maximum absolute atomic E-state index is 12.3. The average Bonchev–Trinajstić information content (AvgIpc) is 3.04. The Morgan fingerprint density at radius 1 is 1.12 bits per heavy atom. The van der Waals surface area contributed by atoms with Crippen LogP contribution in [0.15, 0.2) is 36.7 Å². The Hall–Kier alpha value is -2.76. The summed E-state index contributed by atoms with van der Waals surface area (Å²) in [6, 6.07) is 7.53. The summed E-state index contributed by atoms with van der Waals surface area (Å²) in [6.45, 7) is 1.21. The van der Waals surface area contributed by atoms with E-state index in [1.165, 1.54) is 30.3 Å². The zero-order chi connectivity index (χ0) is 16.4. The number of benzene rings is 1. The molecule has 3 aromatic rings. The van der Waals surface area contributed by atoms with Gasteiger partial charge < -0.3 is 5.32 Å². The maximum Gasteiger partial charge on any atom is 0.271 e. The van der Waals surface area contributed by atoms with Crippen molar-refractivity contribution < 1.29 is 4.79 Å². The van der Waals surface area contributed by atoms with Gasteiger partial charge in [-0.25, -0.2) is 4.98 Å². The van der Waals surface area contributed by atoms with E-state index in [9.17, 15) is 4.79 Å². The first-order valence-corrected chi connectivity index (χ1v) is 8.35. The lowest BCUT2D eigenvalue weighted by atomic mass is 9.98. The number of aryl methyl sites for hydroxylation is 1. The number of para-hydroxylation sites is 2. The summed E-state index contributed by atoms with van der Waals surface area (Å²) in [6.07, 6.45) is 8.15.